The molecule has 5 rings (SSSR count). The number of nitrogens with one attached hydrogen (secondary N) is 1. The highest BCUT2D eigenvalue weighted by molar-refractivity contribution is 9.10. The van der Waals surface area contributed by atoms with Crippen LogP contribution in [0.25, 0.3) is 11.8 Å². The summed E-state index contributed by atoms with van der Waals surface area (Å²) in [5.74, 6) is 0.571. The first kappa shape index (κ1) is 27.5. The number of hydrogen-bond donors (Lipinski definition) is 1. The van der Waals surface area contributed by atoms with E-state index in [1.807, 2.05) is 88.4 Å². The summed E-state index contributed by atoms with van der Waals surface area (Å²) in [5, 5.41) is 12.8. The lowest BCUT2D eigenvalue weighted by Crippen LogP contribution is -2.19. The van der Waals surface area contributed by atoms with Crippen molar-refractivity contribution >= 4 is 50.5 Å². The third-order valence-electron chi connectivity index (χ3n) is 6.69. The van der Waals surface area contributed by atoms with Crippen LogP contribution in [-0.2, 0) is 11.4 Å². The van der Waals surface area contributed by atoms with Gasteiger partial charge < -0.3 is 14.6 Å². The molecule has 1 aromatic heterocycles. The van der Waals surface area contributed by atoms with Crippen LogP contribution in [0.4, 0.5) is 5.69 Å². The highest BCUT2D eigenvalue weighted by Gasteiger charge is 2.25. The molecule has 200 valence electrons. The standard InChI is InChI=1S/C32H27BrN4O2S/c1-19-13-26(14-20(2)30(19)33)35-32-36-31(38)29(40-32)16-25-15-21(3)37(22(25)4)27-9-11-28(12-10-27)39-18-24-8-6-5-7-23(24)17-34/h5-16H,18H2,1-4H3,(H,35,36,38)/b29-16-. The zero-order chi connectivity index (χ0) is 28.4. The molecule has 1 aliphatic rings. The highest BCUT2D eigenvalue weighted by Crippen LogP contribution is 2.32. The molecule has 0 unspecified atom stereocenters. The number of aromatic nitrogens is 1. The largest absolute Gasteiger partial charge is 0.489 e. The molecule has 1 N–H and O–H groups in total. The van der Waals surface area contributed by atoms with Crippen molar-refractivity contribution in [3.63, 3.8) is 0 Å². The van der Waals surface area contributed by atoms with Gasteiger partial charge in [-0.1, -0.05) is 34.1 Å². The van der Waals surface area contributed by atoms with Crippen molar-refractivity contribution in [3.8, 4) is 17.5 Å². The summed E-state index contributed by atoms with van der Waals surface area (Å²) in [5.41, 5.74) is 8.53. The lowest BCUT2D eigenvalue weighted by atomic mass is 10.1. The summed E-state index contributed by atoms with van der Waals surface area (Å²) in [6.07, 6.45) is 1.92. The van der Waals surface area contributed by atoms with Crippen molar-refractivity contribution in [2.24, 2.45) is 4.99 Å². The van der Waals surface area contributed by atoms with E-state index in [2.05, 4.69) is 42.9 Å². The monoisotopic (exact) mass is 610 g/mol. The normalized spacial score (nSPS) is 14.9. The fraction of sp³-hybridized carbons (Fsp3) is 0.156. The van der Waals surface area contributed by atoms with Gasteiger partial charge in [-0.2, -0.15) is 5.26 Å². The minimum absolute atomic E-state index is 0.154. The van der Waals surface area contributed by atoms with Crippen molar-refractivity contribution in [2.45, 2.75) is 34.3 Å². The van der Waals surface area contributed by atoms with Gasteiger partial charge in [0, 0.05) is 27.1 Å². The second kappa shape index (κ2) is 11.6. The summed E-state index contributed by atoms with van der Waals surface area (Å²) in [6.45, 7) is 8.47. The number of aryl methyl sites for hydroxylation is 3. The van der Waals surface area contributed by atoms with Crippen molar-refractivity contribution in [1.29, 1.82) is 5.26 Å². The number of amidine groups is 1. The maximum absolute atomic E-state index is 12.8. The van der Waals surface area contributed by atoms with Gasteiger partial charge in [-0.3, -0.25) is 4.79 Å². The number of hydrogen-bond acceptors (Lipinski definition) is 5. The van der Waals surface area contributed by atoms with Crippen LogP contribution >= 0.6 is 27.7 Å². The molecule has 8 heteroatoms. The SMILES string of the molecule is Cc1cc(N=C2NC(=O)/C(=C/c3cc(C)n(-c4ccc(OCc5ccccc5C#N)cc4)c3C)S2)cc(C)c1Br. The molecule has 0 saturated carbocycles. The first-order valence-electron chi connectivity index (χ1n) is 12.7. The van der Waals surface area contributed by atoms with E-state index in [1.54, 1.807) is 6.07 Å². The zero-order valence-corrected chi connectivity index (χ0v) is 25.0. The Morgan fingerprint density at radius 2 is 1.75 bits per heavy atom. The Labute approximate surface area is 246 Å². The number of carbonyl (C=O) groups is 1. The first-order valence-corrected chi connectivity index (χ1v) is 14.3. The van der Waals surface area contributed by atoms with Gasteiger partial charge >= 0.3 is 0 Å². The van der Waals surface area contributed by atoms with Crippen LogP contribution in [0.2, 0.25) is 0 Å². The predicted octanol–water partition coefficient (Wildman–Crippen LogP) is 7.82. The van der Waals surface area contributed by atoms with Crippen LogP contribution in [0, 0.1) is 39.0 Å². The Morgan fingerprint density at radius 3 is 2.45 bits per heavy atom. The van der Waals surface area contributed by atoms with Crippen LogP contribution in [-0.4, -0.2) is 15.6 Å². The molecule has 0 radical (unpaired) electrons. The zero-order valence-electron chi connectivity index (χ0n) is 22.6. The molecule has 0 atom stereocenters. The van der Waals surface area contributed by atoms with Crippen molar-refractivity contribution < 1.29 is 9.53 Å². The van der Waals surface area contributed by atoms with Gasteiger partial charge in [-0.15, -0.1) is 0 Å². The van der Waals surface area contributed by atoms with Crippen molar-refractivity contribution in [1.82, 2.24) is 9.88 Å². The summed E-state index contributed by atoms with van der Waals surface area (Å²) in [6, 6.07) is 23.6. The summed E-state index contributed by atoms with van der Waals surface area (Å²) in [4.78, 5) is 18.0. The van der Waals surface area contributed by atoms with Gasteiger partial charge in [-0.05, 0) is 111 Å². The third kappa shape index (κ3) is 5.76. The number of ether oxygens (including phenoxy) is 1. The van der Waals surface area contributed by atoms with E-state index >= 15 is 0 Å². The molecule has 3 aromatic carbocycles. The number of nitriles is 1. The van der Waals surface area contributed by atoms with Crippen molar-refractivity contribution in [2.75, 3.05) is 0 Å². The van der Waals surface area contributed by atoms with E-state index in [-0.39, 0.29) is 5.91 Å². The molecule has 4 aromatic rings. The molecule has 1 aliphatic heterocycles. The minimum atomic E-state index is -0.154. The molecule has 6 nitrogen and oxygen atoms in total. The van der Waals surface area contributed by atoms with E-state index in [9.17, 15) is 10.1 Å². The van der Waals surface area contributed by atoms with E-state index in [0.29, 0.717) is 22.2 Å². The van der Waals surface area contributed by atoms with Gasteiger partial charge in [0.05, 0.1) is 22.2 Å². The third-order valence-corrected chi connectivity index (χ3v) is 8.85. The number of nitrogens with zero attached hydrogens (tertiary/aromatic N) is 3. The minimum Gasteiger partial charge on any atom is -0.489 e. The van der Waals surface area contributed by atoms with Gasteiger partial charge in [-0.25, -0.2) is 4.99 Å². The molecule has 1 fully saturated rings. The Hall–Kier alpha value is -4.06. The van der Waals surface area contributed by atoms with E-state index in [4.69, 9.17) is 4.74 Å². The van der Waals surface area contributed by atoms with Gasteiger partial charge in [0.2, 0.25) is 0 Å². The smallest absolute Gasteiger partial charge is 0.264 e. The van der Waals surface area contributed by atoms with Crippen molar-refractivity contribution in [3.05, 3.63) is 115 Å². The molecule has 2 heterocycles. The average Bonchev–Trinajstić information content (AvgIpc) is 3.42. The number of aliphatic imine (C=N–C) groups is 1. The maximum Gasteiger partial charge on any atom is 0.264 e. The van der Waals surface area contributed by atoms with Crippen LogP contribution < -0.4 is 10.1 Å². The summed E-state index contributed by atoms with van der Waals surface area (Å²) in [7, 11) is 0. The number of thioether (sulfide) groups is 1. The molecular formula is C32H27BrN4O2S. The number of halogens is 1. The Kier molecular flexibility index (Phi) is 7.97. The van der Waals surface area contributed by atoms with Crippen LogP contribution in [0.3, 0.4) is 0 Å². The molecular weight excluding hydrogens is 584 g/mol. The average molecular weight is 612 g/mol. The predicted molar refractivity (Wildman–Crippen MR) is 165 cm³/mol. The van der Waals surface area contributed by atoms with E-state index in [1.165, 1.54) is 11.8 Å². The van der Waals surface area contributed by atoms with E-state index in [0.717, 1.165) is 55.2 Å². The molecule has 40 heavy (non-hydrogen) atoms. The highest BCUT2D eigenvalue weighted by atomic mass is 79.9. The fourth-order valence-corrected chi connectivity index (χ4v) is 5.73. The van der Waals surface area contributed by atoms with Crippen LogP contribution in [0.1, 0.15) is 39.2 Å². The van der Waals surface area contributed by atoms with Gasteiger partial charge in [0.15, 0.2) is 5.17 Å². The number of amides is 1. The summed E-state index contributed by atoms with van der Waals surface area (Å²) >= 11 is 4.93. The second-order valence-corrected chi connectivity index (χ2v) is 11.4. The molecule has 1 saturated heterocycles. The van der Waals surface area contributed by atoms with Crippen LogP contribution in [0.5, 0.6) is 5.75 Å². The number of carbonyl (C=O) groups excluding carboxylic acids is 1. The first-order chi connectivity index (χ1) is 19.2. The lowest BCUT2D eigenvalue weighted by Gasteiger charge is -2.12. The Morgan fingerprint density at radius 1 is 1.05 bits per heavy atom. The Bertz CT molecular complexity index is 1710. The molecule has 0 aliphatic carbocycles. The molecule has 0 spiro atoms. The maximum atomic E-state index is 12.8. The van der Waals surface area contributed by atoms with Crippen LogP contribution in [0.15, 0.2) is 81.1 Å². The Balaban J connectivity index is 1.33. The fourth-order valence-electron chi connectivity index (χ4n) is 4.67. The van der Waals surface area contributed by atoms with E-state index < -0.39 is 0 Å². The molecule has 0 bridgehead atoms. The molecule has 1 amide bonds. The number of benzene rings is 3. The topological polar surface area (TPSA) is 79.4 Å². The lowest BCUT2D eigenvalue weighted by molar-refractivity contribution is -0.115. The second-order valence-electron chi connectivity index (χ2n) is 9.59. The number of rotatable bonds is 6. The van der Waals surface area contributed by atoms with Gasteiger partial charge in [0.25, 0.3) is 5.91 Å². The summed E-state index contributed by atoms with van der Waals surface area (Å²) < 4.78 is 9.15. The quantitative estimate of drug-likeness (QED) is 0.226. The van der Waals surface area contributed by atoms with Gasteiger partial charge in [0.1, 0.15) is 12.4 Å².